The van der Waals surface area contributed by atoms with Crippen molar-refractivity contribution in [3.63, 3.8) is 0 Å². The molecule has 0 amide bonds. The average Bonchev–Trinajstić information content (AvgIpc) is 2.78. The van der Waals surface area contributed by atoms with Crippen LogP contribution in [-0.4, -0.2) is 71.1 Å². The van der Waals surface area contributed by atoms with Gasteiger partial charge in [0.1, 0.15) is 0 Å². The molecule has 0 spiro atoms. The molecule has 2 aromatic rings. The summed E-state index contributed by atoms with van der Waals surface area (Å²) in [6.07, 6.45) is 0.703. The zero-order valence-electron chi connectivity index (χ0n) is 18.2. The van der Waals surface area contributed by atoms with Crippen molar-refractivity contribution in [1.29, 1.82) is 0 Å². The lowest BCUT2D eigenvalue weighted by Gasteiger charge is -2.33. The molecule has 1 fully saturated rings. The number of nitrogens with zero attached hydrogens (tertiary/aromatic N) is 2. The highest BCUT2D eigenvalue weighted by Gasteiger charge is 2.22. The lowest BCUT2D eigenvalue weighted by Crippen LogP contribution is -2.45. The zero-order chi connectivity index (χ0) is 22.3. The number of rotatable bonds is 9. The molecule has 168 valence electrons. The first-order chi connectivity index (χ1) is 14.9. The lowest BCUT2D eigenvalue weighted by atomic mass is 10.0. The summed E-state index contributed by atoms with van der Waals surface area (Å²) in [4.78, 5) is 16.3. The van der Waals surface area contributed by atoms with Gasteiger partial charge in [0.15, 0.2) is 0 Å². The van der Waals surface area contributed by atoms with Crippen LogP contribution in [0.2, 0.25) is 0 Å². The van der Waals surface area contributed by atoms with Crippen LogP contribution in [-0.2, 0) is 20.5 Å². The highest BCUT2D eigenvalue weighted by molar-refractivity contribution is 7.88. The molecule has 2 aromatic carbocycles. The van der Waals surface area contributed by atoms with Crippen LogP contribution in [0.25, 0.3) is 0 Å². The maximum Gasteiger partial charge on any atom is 0.337 e. The van der Waals surface area contributed by atoms with E-state index in [2.05, 4.69) is 26.3 Å². The molecule has 0 aromatic heterocycles. The molecule has 1 heterocycles. The standard InChI is InChI=1S/C23H31N3O4S/c1-25-14-16-26(17-15-25)13-12-22(20-6-4-3-5-7-20)24-31(28,29)18-19-8-10-21(11-9-19)23(27)30-2/h3-11,22,24H,12-18H2,1-2H3. The number of benzene rings is 2. The Morgan fingerprint density at radius 3 is 2.29 bits per heavy atom. The molecule has 7 nitrogen and oxygen atoms in total. The molecule has 1 saturated heterocycles. The molecule has 1 atom stereocenters. The van der Waals surface area contributed by atoms with E-state index in [-0.39, 0.29) is 11.8 Å². The summed E-state index contributed by atoms with van der Waals surface area (Å²) in [5.74, 6) is -0.590. The van der Waals surface area contributed by atoms with Gasteiger partial charge in [-0.1, -0.05) is 42.5 Å². The van der Waals surface area contributed by atoms with Crippen LogP contribution < -0.4 is 4.72 Å². The smallest absolute Gasteiger partial charge is 0.337 e. The van der Waals surface area contributed by atoms with Crippen LogP contribution in [0.3, 0.4) is 0 Å². The number of piperazine rings is 1. The lowest BCUT2D eigenvalue weighted by molar-refractivity contribution is 0.0600. The fraction of sp³-hybridized carbons (Fsp3) is 0.435. The summed E-state index contributed by atoms with van der Waals surface area (Å²) in [6, 6.07) is 15.9. The van der Waals surface area contributed by atoms with Gasteiger partial charge in [0.25, 0.3) is 0 Å². The van der Waals surface area contributed by atoms with Gasteiger partial charge >= 0.3 is 5.97 Å². The first-order valence-electron chi connectivity index (χ1n) is 10.5. The van der Waals surface area contributed by atoms with Crippen molar-refractivity contribution in [3.05, 3.63) is 71.3 Å². The first-order valence-corrected chi connectivity index (χ1v) is 12.1. The second-order valence-electron chi connectivity index (χ2n) is 7.96. The molecule has 31 heavy (non-hydrogen) atoms. The number of hydrogen-bond donors (Lipinski definition) is 1. The van der Waals surface area contributed by atoms with Crippen LogP contribution in [0.5, 0.6) is 0 Å². The Hall–Kier alpha value is -2.26. The van der Waals surface area contributed by atoms with Gasteiger partial charge in [-0.15, -0.1) is 0 Å². The minimum absolute atomic E-state index is 0.147. The quantitative estimate of drug-likeness (QED) is 0.597. The first kappa shape index (κ1) is 23.4. The maximum absolute atomic E-state index is 12.9. The van der Waals surface area contributed by atoms with E-state index in [1.165, 1.54) is 7.11 Å². The van der Waals surface area contributed by atoms with Gasteiger partial charge in [-0.2, -0.15) is 0 Å². The van der Waals surface area contributed by atoms with Crippen molar-refractivity contribution in [2.75, 3.05) is 46.9 Å². The number of carbonyl (C=O) groups is 1. The normalized spacial score (nSPS) is 16.7. The predicted molar refractivity (Wildman–Crippen MR) is 121 cm³/mol. The molecule has 1 unspecified atom stereocenters. The van der Waals surface area contributed by atoms with E-state index in [0.29, 0.717) is 17.5 Å². The van der Waals surface area contributed by atoms with Crippen LogP contribution in [0.15, 0.2) is 54.6 Å². The minimum Gasteiger partial charge on any atom is -0.465 e. The average molecular weight is 446 g/mol. The Bertz CT molecular complexity index is 941. The number of esters is 1. The number of methoxy groups -OCH3 is 1. The van der Waals surface area contributed by atoms with E-state index in [4.69, 9.17) is 0 Å². The van der Waals surface area contributed by atoms with Crippen molar-refractivity contribution in [1.82, 2.24) is 14.5 Å². The highest BCUT2D eigenvalue weighted by atomic mass is 32.2. The molecule has 1 aliphatic heterocycles. The minimum atomic E-state index is -3.58. The predicted octanol–water partition coefficient (Wildman–Crippen LogP) is 2.27. The third-order valence-electron chi connectivity index (χ3n) is 5.59. The molecular formula is C23H31N3O4S. The SMILES string of the molecule is COC(=O)c1ccc(CS(=O)(=O)NC(CCN2CCN(C)CC2)c2ccccc2)cc1. The molecule has 0 radical (unpaired) electrons. The van der Waals surface area contributed by atoms with E-state index in [0.717, 1.165) is 38.3 Å². The molecular weight excluding hydrogens is 414 g/mol. The number of likely N-dealkylation sites (N-methyl/N-ethyl adjacent to an activating group) is 1. The van der Waals surface area contributed by atoms with Crippen molar-refractivity contribution in [2.45, 2.75) is 18.2 Å². The van der Waals surface area contributed by atoms with E-state index in [1.54, 1.807) is 24.3 Å². The summed E-state index contributed by atoms with van der Waals surface area (Å²) in [6.45, 7) is 4.89. The number of ether oxygens (including phenoxy) is 1. The molecule has 1 N–H and O–H groups in total. The second kappa shape index (κ2) is 10.9. The number of nitrogens with one attached hydrogen (secondary N) is 1. The Balaban J connectivity index is 1.66. The van der Waals surface area contributed by atoms with Crippen molar-refractivity contribution in [2.24, 2.45) is 0 Å². The molecule has 0 bridgehead atoms. The number of sulfonamides is 1. The summed E-state index contributed by atoms with van der Waals surface area (Å²) in [5, 5.41) is 0. The molecule has 8 heteroatoms. The Morgan fingerprint density at radius 2 is 1.68 bits per heavy atom. The largest absolute Gasteiger partial charge is 0.465 e. The van der Waals surface area contributed by atoms with Crippen LogP contribution >= 0.6 is 0 Å². The summed E-state index contributed by atoms with van der Waals surface area (Å²) in [5.41, 5.74) is 1.97. The Kier molecular flexibility index (Phi) is 8.20. The van der Waals surface area contributed by atoms with Gasteiger partial charge < -0.3 is 14.5 Å². The van der Waals surface area contributed by atoms with Gasteiger partial charge in [0.2, 0.25) is 10.0 Å². The van der Waals surface area contributed by atoms with Crippen molar-refractivity contribution in [3.8, 4) is 0 Å². The molecule has 0 aliphatic carbocycles. The maximum atomic E-state index is 12.9. The molecule has 3 rings (SSSR count). The van der Waals surface area contributed by atoms with E-state index >= 15 is 0 Å². The summed E-state index contributed by atoms with van der Waals surface area (Å²) < 4.78 is 33.4. The van der Waals surface area contributed by atoms with Gasteiger partial charge in [-0.05, 0) is 36.7 Å². The monoisotopic (exact) mass is 445 g/mol. The number of carbonyl (C=O) groups excluding carboxylic acids is 1. The van der Waals surface area contributed by atoms with E-state index in [9.17, 15) is 13.2 Å². The van der Waals surface area contributed by atoms with E-state index < -0.39 is 16.0 Å². The number of hydrogen-bond acceptors (Lipinski definition) is 6. The summed E-state index contributed by atoms with van der Waals surface area (Å²) in [7, 11) is -0.138. The van der Waals surface area contributed by atoms with Crippen LogP contribution in [0, 0.1) is 0 Å². The van der Waals surface area contributed by atoms with Gasteiger partial charge in [-0.25, -0.2) is 17.9 Å². The Morgan fingerprint density at radius 1 is 1.03 bits per heavy atom. The zero-order valence-corrected chi connectivity index (χ0v) is 19.0. The third kappa shape index (κ3) is 7.14. The van der Waals surface area contributed by atoms with Crippen LogP contribution in [0.4, 0.5) is 0 Å². The topological polar surface area (TPSA) is 78.9 Å². The fourth-order valence-corrected chi connectivity index (χ4v) is 5.10. The fourth-order valence-electron chi connectivity index (χ4n) is 3.69. The van der Waals surface area contributed by atoms with Gasteiger partial charge in [-0.3, -0.25) is 0 Å². The van der Waals surface area contributed by atoms with Gasteiger partial charge in [0.05, 0.1) is 18.4 Å². The highest BCUT2D eigenvalue weighted by Crippen LogP contribution is 2.20. The summed E-state index contributed by atoms with van der Waals surface area (Å²) >= 11 is 0. The third-order valence-corrected chi connectivity index (χ3v) is 6.94. The molecule has 1 aliphatic rings. The second-order valence-corrected chi connectivity index (χ2v) is 9.72. The van der Waals surface area contributed by atoms with Crippen molar-refractivity contribution >= 4 is 16.0 Å². The van der Waals surface area contributed by atoms with Crippen LogP contribution in [0.1, 0.15) is 33.9 Å². The van der Waals surface area contributed by atoms with Gasteiger partial charge in [0, 0.05) is 38.8 Å². The van der Waals surface area contributed by atoms with Crippen molar-refractivity contribution < 1.29 is 17.9 Å². The van der Waals surface area contributed by atoms with E-state index in [1.807, 2.05) is 30.3 Å². The molecule has 0 saturated carbocycles. The Labute approximate surface area is 185 Å².